The number of hydrogen-bond acceptors (Lipinski definition) is 8. The van der Waals surface area contributed by atoms with Crippen LogP contribution in [0.25, 0.3) is 33.7 Å². The molecular weight excluding hydrogens is 403 g/mol. The number of pyridine rings is 1. The van der Waals surface area contributed by atoms with E-state index in [1.807, 2.05) is 24.3 Å². The van der Waals surface area contributed by atoms with E-state index in [0.29, 0.717) is 34.2 Å². The third kappa shape index (κ3) is 3.10. The molecule has 10 heteroatoms. The zero-order valence-corrected chi connectivity index (χ0v) is 15.8. The summed E-state index contributed by atoms with van der Waals surface area (Å²) in [6, 6.07) is 13.4. The lowest BCUT2D eigenvalue weighted by molar-refractivity contribution is 0.174. The second-order valence-electron chi connectivity index (χ2n) is 6.75. The summed E-state index contributed by atoms with van der Waals surface area (Å²) in [6.07, 6.45) is 1.70. The summed E-state index contributed by atoms with van der Waals surface area (Å²) in [5, 5.41) is 10.9. The van der Waals surface area contributed by atoms with Crippen LogP contribution in [0, 0.1) is 5.82 Å². The Kier molecular flexibility index (Phi) is 3.82. The van der Waals surface area contributed by atoms with Crippen LogP contribution in [-0.2, 0) is 0 Å². The van der Waals surface area contributed by atoms with Gasteiger partial charge in [0.05, 0.1) is 11.2 Å². The molecule has 0 saturated heterocycles. The van der Waals surface area contributed by atoms with Gasteiger partial charge in [0.2, 0.25) is 18.6 Å². The van der Waals surface area contributed by atoms with E-state index in [-0.39, 0.29) is 24.5 Å². The van der Waals surface area contributed by atoms with Crippen LogP contribution < -0.4 is 14.8 Å². The average Bonchev–Trinajstić information content (AvgIpc) is 3.53. The minimum atomic E-state index is -0.337. The van der Waals surface area contributed by atoms with E-state index in [0.717, 1.165) is 11.1 Å². The standard InChI is InChI=1S/C21H13FN6O3/c22-13-4-1-11(2-5-13)19-27-28-21(31-19)26-20-24-14-7-8-23-17(18(14)25-20)12-3-6-15-16(9-12)30-10-29-15/h1-9H,10H2,(H2,24,25,26,28). The zero-order chi connectivity index (χ0) is 20.8. The van der Waals surface area contributed by atoms with Gasteiger partial charge in [0.15, 0.2) is 11.5 Å². The minimum absolute atomic E-state index is 0.149. The molecule has 4 heterocycles. The van der Waals surface area contributed by atoms with E-state index in [1.54, 1.807) is 18.3 Å². The smallest absolute Gasteiger partial charge is 0.322 e. The van der Waals surface area contributed by atoms with Gasteiger partial charge in [-0.15, -0.1) is 5.10 Å². The van der Waals surface area contributed by atoms with Crippen molar-refractivity contribution < 1.29 is 18.3 Å². The number of fused-ring (bicyclic) bond motifs is 2. The molecule has 152 valence electrons. The number of H-pyrrole nitrogens is 1. The number of anilines is 2. The third-order valence-corrected chi connectivity index (χ3v) is 4.79. The van der Waals surface area contributed by atoms with E-state index >= 15 is 0 Å². The van der Waals surface area contributed by atoms with E-state index in [2.05, 4.69) is 30.5 Å². The second-order valence-corrected chi connectivity index (χ2v) is 6.75. The molecule has 3 aromatic heterocycles. The van der Waals surface area contributed by atoms with Gasteiger partial charge in [0.1, 0.15) is 11.3 Å². The van der Waals surface area contributed by atoms with Gasteiger partial charge in [-0.25, -0.2) is 9.37 Å². The molecule has 2 N–H and O–H groups in total. The second kappa shape index (κ2) is 6.80. The molecule has 0 atom stereocenters. The zero-order valence-electron chi connectivity index (χ0n) is 15.8. The third-order valence-electron chi connectivity index (χ3n) is 4.79. The normalized spacial score (nSPS) is 12.4. The van der Waals surface area contributed by atoms with Gasteiger partial charge in [0.25, 0.3) is 0 Å². The van der Waals surface area contributed by atoms with E-state index in [1.165, 1.54) is 12.1 Å². The summed E-state index contributed by atoms with van der Waals surface area (Å²) in [7, 11) is 0. The van der Waals surface area contributed by atoms with Crippen molar-refractivity contribution in [3.05, 3.63) is 60.5 Å². The minimum Gasteiger partial charge on any atom is -0.454 e. The SMILES string of the molecule is Fc1ccc(-c2nnc(Nc3nc4c(-c5ccc6c(c5)OCO6)nccc4[nH]3)o2)cc1. The number of nitrogens with zero attached hydrogens (tertiary/aromatic N) is 4. The predicted octanol–water partition coefficient (Wildman–Crippen LogP) is 4.29. The van der Waals surface area contributed by atoms with Crippen LogP contribution in [0.4, 0.5) is 16.4 Å². The van der Waals surface area contributed by atoms with E-state index in [4.69, 9.17) is 13.9 Å². The fourth-order valence-corrected chi connectivity index (χ4v) is 3.33. The molecule has 0 radical (unpaired) electrons. The van der Waals surface area contributed by atoms with Crippen LogP contribution in [-0.4, -0.2) is 31.9 Å². The summed E-state index contributed by atoms with van der Waals surface area (Å²) in [5.74, 6) is 1.72. The van der Waals surface area contributed by atoms with Gasteiger partial charge in [-0.05, 0) is 48.5 Å². The topological polar surface area (TPSA) is 111 Å². The Morgan fingerprint density at radius 1 is 0.935 bits per heavy atom. The summed E-state index contributed by atoms with van der Waals surface area (Å²) >= 11 is 0. The number of benzene rings is 2. The number of aromatic nitrogens is 5. The first kappa shape index (κ1) is 17.4. The summed E-state index contributed by atoms with van der Waals surface area (Å²) in [5.41, 5.74) is 3.60. The molecule has 31 heavy (non-hydrogen) atoms. The number of aromatic amines is 1. The molecule has 1 aliphatic heterocycles. The van der Waals surface area contributed by atoms with Gasteiger partial charge in [0, 0.05) is 17.3 Å². The lowest BCUT2D eigenvalue weighted by Gasteiger charge is -2.03. The highest BCUT2D eigenvalue weighted by Crippen LogP contribution is 2.37. The van der Waals surface area contributed by atoms with Crippen molar-refractivity contribution in [2.75, 3.05) is 12.1 Å². The Hall–Kier alpha value is -4.47. The highest BCUT2D eigenvalue weighted by atomic mass is 19.1. The molecule has 0 bridgehead atoms. The number of halogens is 1. The summed E-state index contributed by atoms with van der Waals surface area (Å²) < 4.78 is 29.6. The Labute approximate surface area is 173 Å². The first-order valence-electron chi connectivity index (χ1n) is 9.34. The number of hydrogen-bond donors (Lipinski definition) is 2. The van der Waals surface area contributed by atoms with Crippen LogP contribution in [0.1, 0.15) is 0 Å². The van der Waals surface area contributed by atoms with Crippen molar-refractivity contribution in [3.63, 3.8) is 0 Å². The van der Waals surface area contributed by atoms with Crippen molar-refractivity contribution in [2.24, 2.45) is 0 Å². The molecule has 0 saturated carbocycles. The van der Waals surface area contributed by atoms with Crippen LogP contribution in [0.5, 0.6) is 11.5 Å². The van der Waals surface area contributed by atoms with Crippen LogP contribution in [0.15, 0.2) is 59.1 Å². The maximum atomic E-state index is 13.1. The van der Waals surface area contributed by atoms with E-state index < -0.39 is 0 Å². The highest BCUT2D eigenvalue weighted by molar-refractivity contribution is 5.91. The van der Waals surface area contributed by atoms with Crippen LogP contribution in [0.2, 0.25) is 0 Å². The highest BCUT2D eigenvalue weighted by Gasteiger charge is 2.17. The fraction of sp³-hybridized carbons (Fsp3) is 0.0476. The van der Waals surface area contributed by atoms with Crippen LogP contribution >= 0.6 is 0 Å². The average molecular weight is 416 g/mol. The van der Waals surface area contributed by atoms with Gasteiger partial charge in [-0.1, -0.05) is 5.10 Å². The summed E-state index contributed by atoms with van der Waals surface area (Å²) in [6.45, 7) is 0.205. The lowest BCUT2D eigenvalue weighted by Crippen LogP contribution is -1.93. The Bertz CT molecular complexity index is 1410. The van der Waals surface area contributed by atoms with Crippen molar-refractivity contribution in [2.45, 2.75) is 0 Å². The molecular formula is C21H13FN6O3. The lowest BCUT2D eigenvalue weighted by atomic mass is 10.1. The van der Waals surface area contributed by atoms with Gasteiger partial charge < -0.3 is 18.9 Å². The Morgan fingerprint density at radius 2 is 1.77 bits per heavy atom. The maximum absolute atomic E-state index is 13.1. The quantitative estimate of drug-likeness (QED) is 0.446. The number of ether oxygens (including phenoxy) is 2. The molecule has 0 fully saturated rings. The first-order chi connectivity index (χ1) is 15.2. The van der Waals surface area contributed by atoms with Crippen molar-refractivity contribution >= 4 is 23.0 Å². The molecule has 0 unspecified atom stereocenters. The molecule has 2 aromatic carbocycles. The van der Waals surface area contributed by atoms with Crippen molar-refractivity contribution in [3.8, 4) is 34.2 Å². The molecule has 0 aliphatic carbocycles. The molecule has 1 aliphatic rings. The Morgan fingerprint density at radius 3 is 2.68 bits per heavy atom. The van der Waals surface area contributed by atoms with Crippen molar-refractivity contribution in [1.82, 2.24) is 25.1 Å². The first-order valence-corrected chi connectivity index (χ1v) is 9.34. The number of nitrogens with one attached hydrogen (secondary N) is 2. The summed E-state index contributed by atoms with van der Waals surface area (Å²) in [4.78, 5) is 12.2. The maximum Gasteiger partial charge on any atom is 0.322 e. The fourth-order valence-electron chi connectivity index (χ4n) is 3.33. The van der Waals surface area contributed by atoms with Gasteiger partial charge in [-0.3, -0.25) is 10.3 Å². The molecule has 6 rings (SSSR count). The predicted molar refractivity (Wildman–Crippen MR) is 108 cm³/mol. The van der Waals surface area contributed by atoms with E-state index in [9.17, 15) is 4.39 Å². The number of rotatable bonds is 4. The largest absolute Gasteiger partial charge is 0.454 e. The monoisotopic (exact) mass is 416 g/mol. The van der Waals surface area contributed by atoms with Crippen molar-refractivity contribution in [1.29, 1.82) is 0 Å². The number of imidazole rings is 1. The molecule has 0 spiro atoms. The molecule has 5 aromatic rings. The molecule has 9 nitrogen and oxygen atoms in total. The Balaban J connectivity index is 1.31. The molecule has 0 amide bonds. The van der Waals surface area contributed by atoms with Gasteiger partial charge >= 0.3 is 6.01 Å². The van der Waals surface area contributed by atoms with Gasteiger partial charge in [-0.2, -0.15) is 0 Å². The van der Waals surface area contributed by atoms with Crippen LogP contribution in [0.3, 0.4) is 0 Å².